The Bertz CT molecular complexity index is 660. The minimum absolute atomic E-state index is 0.0551. The highest BCUT2D eigenvalue weighted by Crippen LogP contribution is 2.30. The van der Waals surface area contributed by atoms with Crippen LogP contribution in [0.4, 0.5) is 4.79 Å². The molecular formula is C14H21N7O4S. The Kier molecular flexibility index (Phi) is 4.98. The topological polar surface area (TPSA) is 114 Å². The summed E-state index contributed by atoms with van der Waals surface area (Å²) in [5, 5.41) is 12.8. The lowest BCUT2D eigenvalue weighted by atomic mass is 10.0. The monoisotopic (exact) mass is 383 g/mol. The Labute approximate surface area is 155 Å². The zero-order valence-corrected chi connectivity index (χ0v) is 14.9. The third-order valence-electron chi connectivity index (χ3n) is 5.13. The number of nitrogens with one attached hydrogen (secondary N) is 2. The lowest BCUT2D eigenvalue weighted by Gasteiger charge is -2.29. The van der Waals surface area contributed by atoms with Crippen molar-refractivity contribution in [3.8, 4) is 0 Å². The van der Waals surface area contributed by atoms with E-state index in [9.17, 15) is 9.59 Å². The second-order valence-corrected chi connectivity index (χ2v) is 6.87. The van der Waals surface area contributed by atoms with E-state index in [1.54, 1.807) is 17.2 Å². The molecule has 12 heteroatoms. The van der Waals surface area contributed by atoms with Gasteiger partial charge in [0.1, 0.15) is 6.04 Å². The molecule has 4 rings (SSSR count). The number of hydrogen-bond acceptors (Lipinski definition) is 8. The molecule has 3 saturated heterocycles. The van der Waals surface area contributed by atoms with Gasteiger partial charge in [0.25, 0.3) is 5.91 Å². The molecule has 2 unspecified atom stereocenters. The zero-order chi connectivity index (χ0) is 18.1. The standard InChI is InChI=1S/C14H21N7O4S/c22-13(12-2-1-10-7-19(12)14(23)20(10)25-26)18-24-8-9-5-11(6-15-9)21-16-3-4-17-21/h3-4,9-12,15,26H,1-2,5-8H2,(H,18,22)/t9-,10?,11+,12?/m1/s1. The number of nitrogens with zero attached hydrogens (tertiary/aromatic N) is 5. The summed E-state index contributed by atoms with van der Waals surface area (Å²) in [5.41, 5.74) is 2.48. The summed E-state index contributed by atoms with van der Waals surface area (Å²) in [4.78, 5) is 33.2. The van der Waals surface area contributed by atoms with Crippen molar-refractivity contribution in [1.29, 1.82) is 0 Å². The Morgan fingerprint density at radius 2 is 2.15 bits per heavy atom. The normalized spacial score (nSPS) is 30.9. The summed E-state index contributed by atoms with van der Waals surface area (Å²) >= 11 is 3.71. The molecule has 26 heavy (non-hydrogen) atoms. The minimum Gasteiger partial charge on any atom is -0.309 e. The van der Waals surface area contributed by atoms with E-state index >= 15 is 0 Å². The Hall–Kier alpha value is -1.89. The summed E-state index contributed by atoms with van der Waals surface area (Å²) in [6, 6.07) is -0.664. The van der Waals surface area contributed by atoms with Crippen LogP contribution in [0.15, 0.2) is 12.4 Å². The van der Waals surface area contributed by atoms with Gasteiger partial charge in [0, 0.05) is 32.0 Å². The average molecular weight is 383 g/mol. The SMILES string of the molecule is O=C(NOC[C@H]1C[C@H](n2nccn2)CN1)C1CCC2CN1C(=O)N2OS. The van der Waals surface area contributed by atoms with Gasteiger partial charge in [-0.25, -0.2) is 14.6 Å². The minimum atomic E-state index is -0.551. The van der Waals surface area contributed by atoms with Gasteiger partial charge in [0.2, 0.25) is 0 Å². The number of fused-ring (bicyclic) bond motifs is 2. The largest absolute Gasteiger partial charge is 0.345 e. The first-order valence-corrected chi connectivity index (χ1v) is 8.96. The molecule has 3 aliphatic rings. The molecular weight excluding hydrogens is 362 g/mol. The summed E-state index contributed by atoms with van der Waals surface area (Å²) < 4.78 is 4.81. The van der Waals surface area contributed by atoms with Crippen LogP contribution in [0.2, 0.25) is 0 Å². The first-order chi connectivity index (χ1) is 12.7. The lowest BCUT2D eigenvalue weighted by Crippen LogP contribution is -2.50. The van der Waals surface area contributed by atoms with Crippen molar-refractivity contribution in [3.05, 3.63) is 12.4 Å². The molecule has 2 bridgehead atoms. The number of rotatable bonds is 6. The highest BCUT2D eigenvalue weighted by molar-refractivity contribution is 7.75. The fourth-order valence-corrected chi connectivity index (χ4v) is 4.01. The summed E-state index contributed by atoms with van der Waals surface area (Å²) in [6.45, 7) is 1.54. The van der Waals surface area contributed by atoms with Crippen molar-refractivity contribution in [2.24, 2.45) is 0 Å². The van der Waals surface area contributed by atoms with Gasteiger partial charge in [0.05, 0.1) is 31.1 Å². The smallest absolute Gasteiger partial charge is 0.309 e. The number of carbonyl (C=O) groups excluding carboxylic acids is 2. The number of piperidine rings is 1. The fourth-order valence-electron chi connectivity index (χ4n) is 3.81. The molecule has 3 amide bonds. The predicted octanol–water partition coefficient (Wildman–Crippen LogP) is -0.726. The number of aromatic nitrogens is 3. The summed E-state index contributed by atoms with van der Waals surface area (Å²) in [7, 11) is 0. The van der Waals surface area contributed by atoms with Gasteiger partial charge in [-0.05, 0) is 19.3 Å². The maximum Gasteiger partial charge on any atom is 0.345 e. The van der Waals surface area contributed by atoms with Crippen LogP contribution in [-0.2, 0) is 13.9 Å². The van der Waals surface area contributed by atoms with Crippen LogP contribution in [0.3, 0.4) is 0 Å². The summed E-state index contributed by atoms with van der Waals surface area (Å²) in [6.07, 6.45) is 5.36. The maximum atomic E-state index is 12.4. The molecule has 0 spiro atoms. The third-order valence-corrected chi connectivity index (χ3v) is 5.31. The van der Waals surface area contributed by atoms with Crippen molar-refractivity contribution < 1.29 is 18.7 Å². The van der Waals surface area contributed by atoms with Gasteiger partial charge >= 0.3 is 6.03 Å². The van der Waals surface area contributed by atoms with Crippen LogP contribution in [-0.4, -0.2) is 74.7 Å². The molecule has 0 aliphatic carbocycles. The second-order valence-electron chi connectivity index (χ2n) is 6.71. The predicted molar refractivity (Wildman–Crippen MR) is 90.4 cm³/mol. The van der Waals surface area contributed by atoms with Crippen LogP contribution in [0.5, 0.6) is 0 Å². The molecule has 3 fully saturated rings. The van der Waals surface area contributed by atoms with E-state index < -0.39 is 6.04 Å². The molecule has 0 aromatic carbocycles. The van der Waals surface area contributed by atoms with Gasteiger partial charge in [-0.1, -0.05) is 0 Å². The van der Waals surface area contributed by atoms with E-state index in [0.29, 0.717) is 26.0 Å². The molecule has 142 valence electrons. The van der Waals surface area contributed by atoms with Crippen molar-refractivity contribution in [1.82, 2.24) is 35.8 Å². The lowest BCUT2D eigenvalue weighted by molar-refractivity contribution is -0.139. The number of urea groups is 1. The number of amides is 3. The Balaban J connectivity index is 1.23. The zero-order valence-electron chi connectivity index (χ0n) is 14.0. The van der Waals surface area contributed by atoms with Gasteiger partial charge in [-0.15, -0.1) is 0 Å². The molecule has 1 aromatic heterocycles. The molecule has 1 aromatic rings. The molecule has 4 heterocycles. The van der Waals surface area contributed by atoms with E-state index in [1.807, 2.05) is 0 Å². The van der Waals surface area contributed by atoms with Crippen molar-refractivity contribution >= 4 is 24.8 Å². The number of thiol groups is 1. The van der Waals surface area contributed by atoms with Crippen LogP contribution >= 0.6 is 12.9 Å². The van der Waals surface area contributed by atoms with Gasteiger partial charge in [0.15, 0.2) is 0 Å². The van der Waals surface area contributed by atoms with E-state index in [2.05, 4.69) is 33.9 Å². The molecule has 0 saturated carbocycles. The molecule has 4 atom stereocenters. The first-order valence-electron chi connectivity index (χ1n) is 8.59. The number of hydroxylamine groups is 3. The highest BCUT2D eigenvalue weighted by atomic mass is 32.1. The first kappa shape index (κ1) is 17.5. The highest BCUT2D eigenvalue weighted by Gasteiger charge is 2.48. The van der Waals surface area contributed by atoms with Gasteiger partial charge < -0.3 is 10.2 Å². The van der Waals surface area contributed by atoms with Crippen LogP contribution in [0.25, 0.3) is 0 Å². The molecule has 0 radical (unpaired) electrons. The van der Waals surface area contributed by atoms with Crippen LogP contribution < -0.4 is 10.8 Å². The second kappa shape index (κ2) is 7.39. The third kappa shape index (κ3) is 3.24. The Morgan fingerprint density at radius 3 is 2.92 bits per heavy atom. The number of hydrogen-bond donors (Lipinski definition) is 3. The molecule has 11 nitrogen and oxygen atoms in total. The van der Waals surface area contributed by atoms with Crippen molar-refractivity contribution in [2.45, 2.75) is 43.4 Å². The molecule has 3 aliphatic heterocycles. The van der Waals surface area contributed by atoms with Crippen molar-refractivity contribution in [3.63, 3.8) is 0 Å². The fraction of sp³-hybridized carbons (Fsp3) is 0.714. The average Bonchev–Trinajstić information content (AvgIpc) is 3.37. The van der Waals surface area contributed by atoms with E-state index in [-0.39, 0.29) is 30.1 Å². The summed E-state index contributed by atoms with van der Waals surface area (Å²) in [5.74, 6) is -0.318. The van der Waals surface area contributed by atoms with E-state index in [0.717, 1.165) is 13.0 Å². The van der Waals surface area contributed by atoms with Crippen LogP contribution in [0.1, 0.15) is 25.3 Å². The van der Waals surface area contributed by atoms with E-state index in [1.165, 1.54) is 9.96 Å². The maximum absolute atomic E-state index is 12.4. The van der Waals surface area contributed by atoms with Gasteiger partial charge in [-0.2, -0.15) is 20.1 Å². The van der Waals surface area contributed by atoms with Crippen LogP contribution in [0, 0.1) is 0 Å². The quantitative estimate of drug-likeness (QED) is 0.337. The van der Waals surface area contributed by atoms with Crippen molar-refractivity contribution in [2.75, 3.05) is 19.7 Å². The Morgan fingerprint density at radius 1 is 1.35 bits per heavy atom. The van der Waals surface area contributed by atoms with Gasteiger partial charge in [-0.3, -0.25) is 9.63 Å². The van der Waals surface area contributed by atoms with E-state index in [4.69, 9.17) is 9.12 Å². The molecule has 2 N–H and O–H groups in total. The number of carbonyl (C=O) groups is 2.